The number of ether oxygens (including phenoxy) is 1. The van der Waals surface area contributed by atoms with Crippen molar-refractivity contribution in [2.24, 2.45) is 0 Å². The second-order valence-corrected chi connectivity index (χ2v) is 8.92. The number of aromatic nitrogens is 2. The molecule has 182 valence electrons. The van der Waals surface area contributed by atoms with E-state index in [1.165, 1.54) is 16.0 Å². The average Bonchev–Trinajstić information content (AvgIpc) is 2.86. The van der Waals surface area contributed by atoms with Crippen molar-refractivity contribution in [1.82, 2.24) is 19.8 Å². The summed E-state index contributed by atoms with van der Waals surface area (Å²) in [6.45, 7) is 16.2. The summed E-state index contributed by atoms with van der Waals surface area (Å²) in [5, 5.41) is 3.39. The molecule has 2 aromatic rings. The molecule has 0 radical (unpaired) electrons. The Labute approximate surface area is 202 Å². The maximum absolute atomic E-state index is 12.0. The lowest BCUT2D eigenvalue weighted by Crippen LogP contribution is -2.47. The van der Waals surface area contributed by atoms with Crippen LogP contribution in [0.1, 0.15) is 56.0 Å². The standard InChI is InChI=1S/C26H36N6O2/c1-5-12-30-13-15-31(16-14-30)23(6-2)21-10-8-20(9-11-21)19(4)28-25-27-17-22-18-34-26(33)32(7-3)24(22)29-25/h5,8-11,17,19,23H,1,6-7,12-16,18H2,2-4H3,(H,27,28,29)/t19-,23+/m0/s1. The number of carbonyl (C=O) groups excluding carboxylic acids is 1. The van der Waals surface area contributed by atoms with Gasteiger partial charge in [0, 0.05) is 51.5 Å². The molecule has 1 aromatic heterocycles. The van der Waals surface area contributed by atoms with E-state index < -0.39 is 0 Å². The van der Waals surface area contributed by atoms with E-state index in [1.54, 1.807) is 6.20 Å². The van der Waals surface area contributed by atoms with Gasteiger partial charge in [-0.3, -0.25) is 14.7 Å². The van der Waals surface area contributed by atoms with Crippen LogP contribution in [0, 0.1) is 0 Å². The molecule has 0 saturated carbocycles. The van der Waals surface area contributed by atoms with Gasteiger partial charge < -0.3 is 10.1 Å². The van der Waals surface area contributed by atoms with Crippen LogP contribution in [0.5, 0.6) is 0 Å². The second kappa shape index (κ2) is 11.0. The van der Waals surface area contributed by atoms with Crippen molar-refractivity contribution in [3.63, 3.8) is 0 Å². The van der Waals surface area contributed by atoms with Crippen LogP contribution in [-0.4, -0.2) is 65.1 Å². The molecule has 0 unspecified atom stereocenters. The Hall–Kier alpha value is -2.97. The lowest BCUT2D eigenvalue weighted by molar-refractivity contribution is 0.101. The van der Waals surface area contributed by atoms with Crippen LogP contribution in [0.3, 0.4) is 0 Å². The van der Waals surface area contributed by atoms with Crippen LogP contribution >= 0.6 is 0 Å². The number of fused-ring (bicyclic) bond motifs is 1. The fourth-order valence-electron chi connectivity index (χ4n) is 4.81. The normalized spacial score (nSPS) is 18.7. The van der Waals surface area contributed by atoms with Gasteiger partial charge in [0.15, 0.2) is 0 Å². The van der Waals surface area contributed by atoms with E-state index in [4.69, 9.17) is 4.74 Å². The van der Waals surface area contributed by atoms with E-state index in [9.17, 15) is 4.79 Å². The summed E-state index contributed by atoms with van der Waals surface area (Å²) in [5.41, 5.74) is 3.35. The van der Waals surface area contributed by atoms with Crippen LogP contribution in [0.2, 0.25) is 0 Å². The first-order chi connectivity index (χ1) is 16.5. The number of hydrogen-bond acceptors (Lipinski definition) is 7. The number of rotatable bonds is 9. The predicted octanol–water partition coefficient (Wildman–Crippen LogP) is 4.38. The minimum absolute atomic E-state index is 0.0280. The highest BCUT2D eigenvalue weighted by molar-refractivity contribution is 5.89. The third kappa shape index (κ3) is 5.23. The molecule has 1 amide bonds. The Kier molecular flexibility index (Phi) is 7.80. The zero-order valence-corrected chi connectivity index (χ0v) is 20.5. The van der Waals surface area contributed by atoms with Gasteiger partial charge in [-0.1, -0.05) is 37.3 Å². The van der Waals surface area contributed by atoms with Gasteiger partial charge in [-0.2, -0.15) is 4.98 Å². The molecule has 0 spiro atoms. The molecule has 34 heavy (non-hydrogen) atoms. The molecule has 2 aliphatic heterocycles. The third-order valence-corrected chi connectivity index (χ3v) is 6.77. The molecular formula is C26H36N6O2. The highest BCUT2D eigenvalue weighted by Gasteiger charge is 2.27. The number of anilines is 2. The number of nitrogens with zero attached hydrogens (tertiary/aromatic N) is 5. The summed E-state index contributed by atoms with van der Waals surface area (Å²) in [6.07, 6.45) is 4.45. The first-order valence-electron chi connectivity index (χ1n) is 12.3. The molecule has 2 atom stereocenters. The molecule has 1 saturated heterocycles. The Bertz CT molecular complexity index is 987. The fraction of sp³-hybridized carbons (Fsp3) is 0.500. The van der Waals surface area contributed by atoms with Crippen molar-refractivity contribution in [3.05, 3.63) is 59.8 Å². The Morgan fingerprint density at radius 2 is 1.85 bits per heavy atom. The number of nitrogens with one attached hydrogen (secondary N) is 1. The lowest BCUT2D eigenvalue weighted by Gasteiger charge is -2.39. The zero-order valence-electron chi connectivity index (χ0n) is 20.5. The minimum Gasteiger partial charge on any atom is -0.444 e. The van der Waals surface area contributed by atoms with Gasteiger partial charge in [-0.05, 0) is 31.4 Å². The molecule has 4 rings (SSSR count). The smallest absolute Gasteiger partial charge is 0.415 e. The average molecular weight is 465 g/mol. The van der Waals surface area contributed by atoms with E-state index in [0.29, 0.717) is 24.4 Å². The second-order valence-electron chi connectivity index (χ2n) is 8.92. The number of hydrogen-bond donors (Lipinski definition) is 1. The topological polar surface area (TPSA) is 73.8 Å². The Morgan fingerprint density at radius 1 is 1.15 bits per heavy atom. The van der Waals surface area contributed by atoms with Crippen LogP contribution in [-0.2, 0) is 11.3 Å². The number of cyclic esters (lactones) is 1. The molecule has 8 heteroatoms. The molecule has 2 aliphatic rings. The summed E-state index contributed by atoms with van der Waals surface area (Å²) in [5.74, 6) is 1.13. The Morgan fingerprint density at radius 3 is 2.50 bits per heavy atom. The molecular weight excluding hydrogens is 428 g/mol. The first-order valence-corrected chi connectivity index (χ1v) is 12.3. The first kappa shape index (κ1) is 24.2. The highest BCUT2D eigenvalue weighted by atomic mass is 16.6. The molecule has 1 fully saturated rings. The van der Waals surface area contributed by atoms with Gasteiger partial charge in [0.1, 0.15) is 12.4 Å². The molecule has 3 heterocycles. The number of benzene rings is 1. The summed E-state index contributed by atoms with van der Waals surface area (Å²) in [6, 6.07) is 9.35. The largest absolute Gasteiger partial charge is 0.444 e. The number of piperazine rings is 1. The Balaban J connectivity index is 1.41. The molecule has 1 N–H and O–H groups in total. The van der Waals surface area contributed by atoms with Crippen molar-refractivity contribution in [3.8, 4) is 0 Å². The van der Waals surface area contributed by atoms with Gasteiger partial charge >= 0.3 is 6.09 Å². The fourth-order valence-corrected chi connectivity index (χ4v) is 4.81. The van der Waals surface area contributed by atoms with E-state index >= 15 is 0 Å². The van der Waals surface area contributed by atoms with Crippen molar-refractivity contribution in [1.29, 1.82) is 0 Å². The summed E-state index contributed by atoms with van der Waals surface area (Å²) >= 11 is 0. The highest BCUT2D eigenvalue weighted by Crippen LogP contribution is 2.29. The quantitative estimate of drug-likeness (QED) is 0.552. The van der Waals surface area contributed by atoms with Crippen LogP contribution in [0.25, 0.3) is 0 Å². The predicted molar refractivity (Wildman–Crippen MR) is 135 cm³/mol. The molecule has 0 aliphatic carbocycles. The summed E-state index contributed by atoms with van der Waals surface area (Å²) in [4.78, 5) is 27.7. The SMILES string of the molecule is C=CCN1CCN([C@H](CC)c2ccc([C@H](C)Nc3ncc4c(n3)N(CC)C(=O)OC4)cc2)CC1. The minimum atomic E-state index is -0.365. The zero-order chi connectivity index (χ0) is 24.1. The van der Waals surface area contributed by atoms with Gasteiger partial charge in [0.2, 0.25) is 5.95 Å². The van der Waals surface area contributed by atoms with Crippen LogP contribution in [0.15, 0.2) is 43.1 Å². The van der Waals surface area contributed by atoms with E-state index in [0.717, 1.165) is 44.7 Å². The van der Waals surface area contributed by atoms with E-state index in [2.05, 4.69) is 69.8 Å². The summed E-state index contributed by atoms with van der Waals surface area (Å²) in [7, 11) is 0. The van der Waals surface area contributed by atoms with Crippen LogP contribution < -0.4 is 10.2 Å². The van der Waals surface area contributed by atoms with Crippen molar-refractivity contribution >= 4 is 17.9 Å². The summed E-state index contributed by atoms with van der Waals surface area (Å²) < 4.78 is 5.17. The molecule has 1 aromatic carbocycles. The van der Waals surface area contributed by atoms with E-state index in [-0.39, 0.29) is 18.7 Å². The van der Waals surface area contributed by atoms with Gasteiger partial charge in [0.25, 0.3) is 0 Å². The van der Waals surface area contributed by atoms with Crippen molar-refractivity contribution in [2.45, 2.75) is 45.9 Å². The third-order valence-electron chi connectivity index (χ3n) is 6.77. The van der Waals surface area contributed by atoms with Crippen molar-refractivity contribution < 1.29 is 9.53 Å². The number of amides is 1. The monoisotopic (exact) mass is 464 g/mol. The van der Waals surface area contributed by atoms with E-state index in [1.807, 2.05) is 13.0 Å². The molecule has 0 bridgehead atoms. The molecule has 8 nitrogen and oxygen atoms in total. The van der Waals surface area contributed by atoms with Gasteiger partial charge in [0.05, 0.1) is 11.6 Å². The van der Waals surface area contributed by atoms with Gasteiger partial charge in [-0.25, -0.2) is 9.78 Å². The maximum atomic E-state index is 12.0. The van der Waals surface area contributed by atoms with Crippen molar-refractivity contribution in [2.75, 3.05) is 49.5 Å². The lowest BCUT2D eigenvalue weighted by atomic mass is 9.98. The number of carbonyl (C=O) groups is 1. The maximum Gasteiger partial charge on any atom is 0.415 e. The van der Waals surface area contributed by atoms with Gasteiger partial charge in [-0.15, -0.1) is 6.58 Å². The van der Waals surface area contributed by atoms with Crippen LogP contribution in [0.4, 0.5) is 16.6 Å².